The Labute approximate surface area is 130 Å². The van der Waals surface area contributed by atoms with Gasteiger partial charge in [0.1, 0.15) is 11.0 Å². The van der Waals surface area contributed by atoms with Gasteiger partial charge in [-0.25, -0.2) is 9.97 Å². The van der Waals surface area contributed by atoms with E-state index in [0.717, 1.165) is 17.3 Å². The summed E-state index contributed by atoms with van der Waals surface area (Å²) in [5, 5.41) is 0.510. The highest BCUT2D eigenvalue weighted by Gasteiger charge is 2.12. The Morgan fingerprint density at radius 2 is 1.75 bits per heavy atom. The van der Waals surface area contributed by atoms with Crippen molar-refractivity contribution in [1.82, 2.24) is 9.97 Å². The van der Waals surface area contributed by atoms with E-state index in [1.54, 1.807) is 17.8 Å². The van der Waals surface area contributed by atoms with E-state index in [4.69, 9.17) is 11.6 Å². The van der Waals surface area contributed by atoms with Gasteiger partial charge in [0.15, 0.2) is 0 Å². The third kappa shape index (κ3) is 4.22. The van der Waals surface area contributed by atoms with Gasteiger partial charge in [0.2, 0.25) is 0 Å². The highest BCUT2D eigenvalue weighted by molar-refractivity contribution is 7.98. The molecule has 20 heavy (non-hydrogen) atoms. The Bertz CT molecular complexity index is 568. The van der Waals surface area contributed by atoms with E-state index in [-0.39, 0.29) is 5.41 Å². The van der Waals surface area contributed by atoms with E-state index in [9.17, 15) is 0 Å². The number of halogens is 1. The minimum absolute atomic E-state index is 0.191. The molecular weight excluding hydrogens is 288 g/mol. The molecule has 1 aromatic carbocycles. The molecule has 0 atom stereocenters. The topological polar surface area (TPSA) is 25.8 Å². The van der Waals surface area contributed by atoms with Gasteiger partial charge in [0.25, 0.3) is 0 Å². The fraction of sp³-hybridized carbons (Fsp3) is 0.375. The van der Waals surface area contributed by atoms with Gasteiger partial charge in [0.05, 0.1) is 5.75 Å². The van der Waals surface area contributed by atoms with Crippen LogP contribution in [0.15, 0.2) is 35.2 Å². The van der Waals surface area contributed by atoms with Gasteiger partial charge in [-0.15, -0.1) is 11.8 Å². The second-order valence-corrected chi connectivity index (χ2v) is 7.25. The van der Waals surface area contributed by atoms with Gasteiger partial charge in [-0.05, 0) is 36.1 Å². The molecule has 2 rings (SSSR count). The summed E-state index contributed by atoms with van der Waals surface area (Å²) in [6.07, 6.45) is 0. The minimum Gasteiger partial charge on any atom is -0.237 e. The second-order valence-electron chi connectivity index (χ2n) is 5.81. The Balaban J connectivity index is 2.04. The van der Waals surface area contributed by atoms with Gasteiger partial charge >= 0.3 is 0 Å². The quantitative estimate of drug-likeness (QED) is 0.587. The van der Waals surface area contributed by atoms with Crippen molar-refractivity contribution in [3.05, 3.63) is 52.6 Å². The molecule has 0 spiro atoms. The van der Waals surface area contributed by atoms with E-state index in [1.807, 2.05) is 6.92 Å². The third-order valence-electron chi connectivity index (χ3n) is 2.96. The zero-order valence-electron chi connectivity index (χ0n) is 12.3. The zero-order chi connectivity index (χ0) is 14.8. The van der Waals surface area contributed by atoms with E-state index in [1.165, 1.54) is 10.5 Å². The Morgan fingerprint density at radius 1 is 1.10 bits per heavy atom. The van der Waals surface area contributed by atoms with Crippen molar-refractivity contribution in [3.8, 4) is 0 Å². The summed E-state index contributed by atoms with van der Waals surface area (Å²) in [6.45, 7) is 8.59. The second kappa shape index (κ2) is 6.15. The molecule has 0 bridgehead atoms. The van der Waals surface area contributed by atoms with Crippen molar-refractivity contribution < 1.29 is 0 Å². The summed E-state index contributed by atoms with van der Waals surface area (Å²) < 4.78 is 0. The molecule has 0 radical (unpaired) electrons. The molecule has 4 heteroatoms. The van der Waals surface area contributed by atoms with Gasteiger partial charge in [-0.2, -0.15) is 0 Å². The average Bonchev–Trinajstić information content (AvgIpc) is 2.35. The smallest absolute Gasteiger partial charge is 0.140 e. The summed E-state index contributed by atoms with van der Waals surface area (Å²) >= 11 is 7.67. The van der Waals surface area contributed by atoms with Crippen molar-refractivity contribution in [1.29, 1.82) is 0 Å². The van der Waals surface area contributed by atoms with Crippen LogP contribution in [0, 0.1) is 6.92 Å². The summed E-state index contributed by atoms with van der Waals surface area (Å²) in [5.41, 5.74) is 2.44. The normalized spacial score (nSPS) is 11.7. The van der Waals surface area contributed by atoms with Crippen LogP contribution in [0.25, 0.3) is 0 Å². The van der Waals surface area contributed by atoms with E-state index < -0.39 is 0 Å². The molecular formula is C16H19ClN2S. The fourth-order valence-corrected chi connectivity index (χ4v) is 2.86. The molecule has 1 heterocycles. The molecule has 0 saturated carbocycles. The van der Waals surface area contributed by atoms with Crippen LogP contribution in [0.4, 0.5) is 0 Å². The predicted molar refractivity (Wildman–Crippen MR) is 86.5 cm³/mol. The number of hydrogen-bond donors (Lipinski definition) is 0. The lowest BCUT2D eigenvalue weighted by molar-refractivity contribution is 0.590. The van der Waals surface area contributed by atoms with Gasteiger partial charge < -0.3 is 0 Å². The van der Waals surface area contributed by atoms with Crippen molar-refractivity contribution >= 4 is 23.4 Å². The van der Waals surface area contributed by atoms with Crippen LogP contribution in [-0.2, 0) is 11.2 Å². The van der Waals surface area contributed by atoms with Gasteiger partial charge in [-0.1, -0.05) is 44.5 Å². The number of aromatic nitrogens is 2. The fourth-order valence-electron chi connectivity index (χ4n) is 1.85. The molecule has 2 aromatic rings. The number of aryl methyl sites for hydroxylation is 1. The van der Waals surface area contributed by atoms with E-state index in [2.05, 4.69) is 55.0 Å². The van der Waals surface area contributed by atoms with Crippen LogP contribution in [0.5, 0.6) is 0 Å². The van der Waals surface area contributed by atoms with E-state index in [0.29, 0.717) is 5.15 Å². The molecule has 0 N–H and O–H groups in total. The number of hydrogen-bond acceptors (Lipinski definition) is 3. The third-order valence-corrected chi connectivity index (χ3v) is 4.16. The Kier molecular flexibility index (Phi) is 4.71. The molecule has 0 aliphatic rings. The minimum atomic E-state index is 0.191. The maximum Gasteiger partial charge on any atom is 0.140 e. The Hall–Kier alpha value is -1.06. The Morgan fingerprint density at radius 3 is 2.30 bits per heavy atom. The number of benzene rings is 1. The molecule has 0 saturated heterocycles. The maximum atomic E-state index is 5.94. The van der Waals surface area contributed by atoms with E-state index >= 15 is 0 Å². The van der Waals surface area contributed by atoms with Crippen LogP contribution >= 0.6 is 23.4 Å². The van der Waals surface area contributed by atoms with Crippen LogP contribution in [0.1, 0.15) is 37.9 Å². The first-order valence-electron chi connectivity index (χ1n) is 6.58. The first-order valence-corrected chi connectivity index (χ1v) is 7.94. The van der Waals surface area contributed by atoms with Crippen LogP contribution < -0.4 is 0 Å². The number of thioether (sulfide) groups is 1. The van der Waals surface area contributed by atoms with Crippen molar-refractivity contribution in [3.63, 3.8) is 0 Å². The first kappa shape index (κ1) is 15.3. The van der Waals surface area contributed by atoms with Crippen LogP contribution in [0.2, 0.25) is 5.15 Å². The standard InChI is InChI=1S/C16H19ClN2S/c1-11-9-14(17)19-15(18-11)10-20-13-7-5-12(6-8-13)16(2,3)4/h5-9H,10H2,1-4H3. The molecule has 2 nitrogen and oxygen atoms in total. The van der Waals surface area contributed by atoms with Gasteiger partial charge in [-0.3, -0.25) is 0 Å². The van der Waals surface area contributed by atoms with Crippen molar-refractivity contribution in [2.45, 2.75) is 43.8 Å². The van der Waals surface area contributed by atoms with Crippen LogP contribution in [0.3, 0.4) is 0 Å². The maximum absolute atomic E-state index is 5.94. The first-order chi connectivity index (χ1) is 9.34. The largest absolute Gasteiger partial charge is 0.237 e. The molecule has 0 aliphatic carbocycles. The molecule has 0 fully saturated rings. The predicted octanol–water partition coefficient (Wildman–Crippen LogP) is 5.03. The van der Waals surface area contributed by atoms with Crippen LogP contribution in [-0.4, -0.2) is 9.97 Å². The van der Waals surface area contributed by atoms with Crippen molar-refractivity contribution in [2.24, 2.45) is 0 Å². The number of nitrogens with zero attached hydrogens (tertiary/aromatic N) is 2. The summed E-state index contributed by atoms with van der Waals surface area (Å²) in [4.78, 5) is 9.85. The highest BCUT2D eigenvalue weighted by Crippen LogP contribution is 2.27. The number of rotatable bonds is 3. The lowest BCUT2D eigenvalue weighted by atomic mass is 9.87. The summed E-state index contributed by atoms with van der Waals surface area (Å²) in [7, 11) is 0. The monoisotopic (exact) mass is 306 g/mol. The molecule has 1 aromatic heterocycles. The lowest BCUT2D eigenvalue weighted by Crippen LogP contribution is -2.10. The molecule has 0 amide bonds. The lowest BCUT2D eigenvalue weighted by Gasteiger charge is -2.19. The molecule has 0 aliphatic heterocycles. The highest BCUT2D eigenvalue weighted by atomic mass is 35.5. The summed E-state index contributed by atoms with van der Waals surface area (Å²) in [5.74, 6) is 1.51. The van der Waals surface area contributed by atoms with Gasteiger partial charge in [0, 0.05) is 10.6 Å². The molecule has 0 unspecified atom stereocenters. The van der Waals surface area contributed by atoms with Crippen molar-refractivity contribution in [2.75, 3.05) is 0 Å². The SMILES string of the molecule is Cc1cc(Cl)nc(CSc2ccc(C(C)(C)C)cc2)n1. The summed E-state index contributed by atoms with van der Waals surface area (Å²) in [6, 6.07) is 10.5. The average molecular weight is 307 g/mol. The zero-order valence-corrected chi connectivity index (χ0v) is 13.8. The molecule has 106 valence electrons.